The van der Waals surface area contributed by atoms with Gasteiger partial charge < -0.3 is 19.3 Å². The van der Waals surface area contributed by atoms with Crippen molar-refractivity contribution in [3.63, 3.8) is 0 Å². The Morgan fingerprint density at radius 3 is 2.92 bits per heavy atom. The molecule has 0 spiro atoms. The number of carbonyl (C=O) groups excluding carboxylic acids is 1. The first-order valence-corrected chi connectivity index (χ1v) is 8.55. The minimum atomic E-state index is -0.152. The smallest absolute Gasteiger partial charge is 0.231 e. The van der Waals surface area contributed by atoms with Crippen LogP contribution in [0.1, 0.15) is 17.0 Å². The lowest BCUT2D eigenvalue weighted by molar-refractivity contribution is -0.115. The first-order valence-electron chi connectivity index (χ1n) is 7.67. The van der Waals surface area contributed by atoms with E-state index in [4.69, 9.17) is 14.0 Å². The molecule has 1 amide bonds. The second-order valence-electron chi connectivity index (χ2n) is 5.63. The van der Waals surface area contributed by atoms with Gasteiger partial charge in [0, 0.05) is 16.5 Å². The number of rotatable bonds is 4. The Bertz CT molecular complexity index is 928. The van der Waals surface area contributed by atoms with Crippen LogP contribution in [0.25, 0.3) is 11.3 Å². The molecular weight excluding hydrogens is 342 g/mol. The number of aryl methyl sites for hydroxylation is 2. The Morgan fingerprint density at radius 1 is 1.28 bits per heavy atom. The molecule has 0 saturated carbocycles. The van der Waals surface area contributed by atoms with E-state index in [1.165, 1.54) is 11.3 Å². The van der Waals surface area contributed by atoms with Crippen LogP contribution in [0.4, 0.5) is 5.13 Å². The van der Waals surface area contributed by atoms with Crippen LogP contribution in [0.5, 0.6) is 11.5 Å². The number of amides is 1. The van der Waals surface area contributed by atoms with E-state index in [1.54, 1.807) is 6.92 Å². The van der Waals surface area contributed by atoms with Crippen molar-refractivity contribution in [1.82, 2.24) is 10.1 Å². The number of nitrogens with zero attached hydrogens (tertiary/aromatic N) is 2. The third-order valence-electron chi connectivity index (χ3n) is 3.94. The minimum absolute atomic E-state index is 0.152. The van der Waals surface area contributed by atoms with Gasteiger partial charge in [-0.1, -0.05) is 5.16 Å². The van der Waals surface area contributed by atoms with E-state index in [2.05, 4.69) is 15.5 Å². The summed E-state index contributed by atoms with van der Waals surface area (Å²) >= 11 is 1.37. The summed E-state index contributed by atoms with van der Waals surface area (Å²) in [5, 5.41) is 9.12. The average molecular weight is 357 g/mol. The van der Waals surface area contributed by atoms with Gasteiger partial charge in [0.25, 0.3) is 0 Å². The van der Waals surface area contributed by atoms with Gasteiger partial charge in [-0.05, 0) is 32.0 Å². The molecule has 0 fully saturated rings. The molecule has 1 aromatic carbocycles. The quantitative estimate of drug-likeness (QED) is 0.771. The number of ether oxygens (including phenoxy) is 2. The maximum absolute atomic E-state index is 12.2. The van der Waals surface area contributed by atoms with Gasteiger partial charge in [0.1, 0.15) is 5.76 Å². The van der Waals surface area contributed by atoms with Crippen molar-refractivity contribution in [2.45, 2.75) is 20.3 Å². The molecule has 1 aliphatic heterocycles. The number of carbonyl (C=O) groups is 1. The minimum Gasteiger partial charge on any atom is -0.454 e. The number of thiazole rings is 1. The Labute approximate surface area is 147 Å². The number of anilines is 1. The van der Waals surface area contributed by atoms with Crippen LogP contribution in [0.3, 0.4) is 0 Å². The summed E-state index contributed by atoms with van der Waals surface area (Å²) in [4.78, 5) is 16.7. The summed E-state index contributed by atoms with van der Waals surface area (Å²) in [5.41, 5.74) is 3.22. The van der Waals surface area contributed by atoms with E-state index in [0.29, 0.717) is 16.6 Å². The van der Waals surface area contributed by atoms with Crippen LogP contribution in [0.15, 0.2) is 28.1 Å². The molecule has 0 atom stereocenters. The second kappa shape index (κ2) is 6.21. The molecule has 4 rings (SSSR count). The molecule has 25 heavy (non-hydrogen) atoms. The van der Waals surface area contributed by atoms with Crippen LogP contribution < -0.4 is 14.8 Å². The third-order valence-corrected chi connectivity index (χ3v) is 4.70. The largest absolute Gasteiger partial charge is 0.454 e. The van der Waals surface area contributed by atoms with Crippen LogP contribution >= 0.6 is 11.3 Å². The van der Waals surface area contributed by atoms with Crippen molar-refractivity contribution in [1.29, 1.82) is 0 Å². The SMILES string of the molecule is Cc1noc(C)c1CC(=O)Nc1nc(-c2ccc3c(c2)OCO3)cs1. The molecule has 3 aromatic rings. The molecule has 0 aliphatic carbocycles. The number of benzene rings is 1. The second-order valence-corrected chi connectivity index (χ2v) is 6.49. The third kappa shape index (κ3) is 3.08. The number of hydrogen-bond acceptors (Lipinski definition) is 7. The fourth-order valence-electron chi connectivity index (χ4n) is 2.60. The number of fused-ring (bicyclic) bond motifs is 1. The van der Waals surface area contributed by atoms with Crippen LogP contribution in [-0.2, 0) is 11.2 Å². The monoisotopic (exact) mass is 357 g/mol. The van der Waals surface area contributed by atoms with Crippen molar-refractivity contribution in [2.24, 2.45) is 0 Å². The summed E-state index contributed by atoms with van der Waals surface area (Å²) in [6, 6.07) is 5.65. The van der Waals surface area contributed by atoms with E-state index < -0.39 is 0 Å². The van der Waals surface area contributed by atoms with Crippen LogP contribution in [-0.4, -0.2) is 22.8 Å². The van der Waals surface area contributed by atoms with Crippen molar-refractivity contribution >= 4 is 22.4 Å². The number of nitrogens with one attached hydrogen (secondary N) is 1. The molecule has 0 radical (unpaired) electrons. The summed E-state index contributed by atoms with van der Waals surface area (Å²) in [5.74, 6) is 1.94. The zero-order valence-electron chi connectivity index (χ0n) is 13.7. The first-order chi connectivity index (χ1) is 12.1. The Kier molecular flexibility index (Phi) is 3.89. The van der Waals surface area contributed by atoms with E-state index in [0.717, 1.165) is 28.3 Å². The summed E-state index contributed by atoms with van der Waals surface area (Å²) in [6.45, 7) is 3.85. The maximum atomic E-state index is 12.2. The topological polar surface area (TPSA) is 86.5 Å². The lowest BCUT2D eigenvalue weighted by Gasteiger charge is -2.02. The van der Waals surface area contributed by atoms with Gasteiger partial charge in [0.15, 0.2) is 16.6 Å². The molecule has 0 bridgehead atoms. The Balaban J connectivity index is 1.47. The van der Waals surface area contributed by atoms with Gasteiger partial charge in [-0.15, -0.1) is 11.3 Å². The van der Waals surface area contributed by atoms with Crippen LogP contribution in [0.2, 0.25) is 0 Å². The average Bonchev–Trinajstić information content (AvgIpc) is 3.31. The molecule has 0 unspecified atom stereocenters. The van der Waals surface area contributed by atoms with Gasteiger partial charge >= 0.3 is 0 Å². The van der Waals surface area contributed by atoms with Gasteiger partial charge in [-0.3, -0.25) is 4.79 Å². The summed E-state index contributed by atoms with van der Waals surface area (Å²) in [6.07, 6.45) is 0.208. The Hall–Kier alpha value is -2.87. The lowest BCUT2D eigenvalue weighted by Crippen LogP contribution is -2.15. The number of aromatic nitrogens is 2. The zero-order chi connectivity index (χ0) is 17.4. The maximum Gasteiger partial charge on any atom is 0.231 e. The highest BCUT2D eigenvalue weighted by molar-refractivity contribution is 7.14. The van der Waals surface area contributed by atoms with Crippen molar-refractivity contribution in [3.05, 3.63) is 40.6 Å². The van der Waals surface area contributed by atoms with E-state index in [-0.39, 0.29) is 19.1 Å². The molecular formula is C17H15N3O4S. The van der Waals surface area contributed by atoms with Crippen molar-refractivity contribution in [2.75, 3.05) is 12.1 Å². The molecule has 1 N–H and O–H groups in total. The molecule has 128 valence electrons. The van der Waals surface area contributed by atoms with E-state index in [1.807, 2.05) is 30.5 Å². The highest BCUT2D eigenvalue weighted by atomic mass is 32.1. The van der Waals surface area contributed by atoms with E-state index >= 15 is 0 Å². The van der Waals surface area contributed by atoms with E-state index in [9.17, 15) is 4.79 Å². The fraction of sp³-hybridized carbons (Fsp3) is 0.235. The standard InChI is InChI=1S/C17H15N3O4S/c1-9-12(10(2)24-20-9)6-16(21)19-17-18-13(7-25-17)11-3-4-14-15(5-11)23-8-22-14/h3-5,7H,6,8H2,1-2H3,(H,18,19,21). The zero-order valence-corrected chi connectivity index (χ0v) is 14.5. The normalized spacial score (nSPS) is 12.4. The molecule has 7 nitrogen and oxygen atoms in total. The fourth-order valence-corrected chi connectivity index (χ4v) is 3.33. The lowest BCUT2D eigenvalue weighted by atomic mass is 10.1. The van der Waals surface area contributed by atoms with Gasteiger partial charge in [0.05, 0.1) is 17.8 Å². The van der Waals surface area contributed by atoms with Gasteiger partial charge in [0.2, 0.25) is 12.7 Å². The highest BCUT2D eigenvalue weighted by Crippen LogP contribution is 2.36. The first kappa shape index (κ1) is 15.6. The van der Waals surface area contributed by atoms with Crippen molar-refractivity contribution < 1.29 is 18.8 Å². The van der Waals surface area contributed by atoms with Crippen LogP contribution in [0, 0.1) is 13.8 Å². The predicted molar refractivity (Wildman–Crippen MR) is 92.0 cm³/mol. The predicted octanol–water partition coefficient (Wildman–Crippen LogP) is 3.32. The summed E-state index contributed by atoms with van der Waals surface area (Å²) in [7, 11) is 0. The molecule has 2 aromatic heterocycles. The highest BCUT2D eigenvalue weighted by Gasteiger charge is 2.17. The summed E-state index contributed by atoms with van der Waals surface area (Å²) < 4.78 is 15.8. The molecule has 8 heteroatoms. The Morgan fingerprint density at radius 2 is 2.12 bits per heavy atom. The number of hydrogen-bond donors (Lipinski definition) is 1. The molecule has 1 aliphatic rings. The molecule has 0 saturated heterocycles. The molecule has 3 heterocycles. The van der Waals surface area contributed by atoms with Crippen molar-refractivity contribution in [3.8, 4) is 22.8 Å². The van der Waals surface area contributed by atoms with Gasteiger partial charge in [-0.25, -0.2) is 4.98 Å². The van der Waals surface area contributed by atoms with Gasteiger partial charge in [-0.2, -0.15) is 0 Å².